The Morgan fingerprint density at radius 3 is 2.35 bits per heavy atom. The SMILES string of the molecule is O=C1NC(C2CC2)C(=O)N(CCF)C1C1CC1. The van der Waals surface area contributed by atoms with E-state index in [4.69, 9.17) is 0 Å². The summed E-state index contributed by atoms with van der Waals surface area (Å²) in [6.07, 6.45) is 3.94. The molecule has 4 nitrogen and oxygen atoms in total. The van der Waals surface area contributed by atoms with E-state index < -0.39 is 12.7 Å². The van der Waals surface area contributed by atoms with E-state index in [0.717, 1.165) is 25.7 Å². The second-order valence-corrected chi connectivity index (χ2v) is 5.33. The molecule has 3 rings (SSSR count). The van der Waals surface area contributed by atoms with E-state index in [-0.39, 0.29) is 36.2 Å². The number of alkyl halides is 1. The van der Waals surface area contributed by atoms with E-state index in [1.807, 2.05) is 0 Å². The van der Waals surface area contributed by atoms with Gasteiger partial charge in [-0.1, -0.05) is 0 Å². The van der Waals surface area contributed by atoms with Crippen molar-refractivity contribution >= 4 is 11.8 Å². The highest BCUT2D eigenvalue weighted by atomic mass is 19.1. The van der Waals surface area contributed by atoms with Crippen LogP contribution in [-0.4, -0.2) is 42.0 Å². The Kier molecular flexibility index (Phi) is 2.56. The van der Waals surface area contributed by atoms with Gasteiger partial charge < -0.3 is 10.2 Å². The molecule has 17 heavy (non-hydrogen) atoms. The molecule has 94 valence electrons. The minimum Gasteiger partial charge on any atom is -0.342 e. The van der Waals surface area contributed by atoms with Crippen LogP contribution in [0.5, 0.6) is 0 Å². The summed E-state index contributed by atoms with van der Waals surface area (Å²) in [7, 11) is 0. The molecule has 3 aliphatic rings. The lowest BCUT2D eigenvalue weighted by atomic mass is 10.0. The summed E-state index contributed by atoms with van der Waals surface area (Å²) in [5.41, 5.74) is 0. The van der Waals surface area contributed by atoms with Gasteiger partial charge in [-0.2, -0.15) is 0 Å². The fraction of sp³-hybridized carbons (Fsp3) is 0.833. The Labute approximate surface area is 99.5 Å². The Bertz CT molecular complexity index is 352. The van der Waals surface area contributed by atoms with Crippen molar-refractivity contribution in [3.05, 3.63) is 0 Å². The molecule has 2 aliphatic carbocycles. The zero-order valence-corrected chi connectivity index (χ0v) is 9.69. The fourth-order valence-corrected chi connectivity index (χ4v) is 2.73. The van der Waals surface area contributed by atoms with Crippen molar-refractivity contribution in [1.29, 1.82) is 0 Å². The van der Waals surface area contributed by atoms with Crippen LogP contribution < -0.4 is 5.32 Å². The highest BCUT2D eigenvalue weighted by molar-refractivity contribution is 5.97. The first-order valence-electron chi connectivity index (χ1n) is 6.39. The summed E-state index contributed by atoms with van der Waals surface area (Å²) < 4.78 is 12.6. The quantitative estimate of drug-likeness (QED) is 0.776. The zero-order chi connectivity index (χ0) is 12.0. The number of carbonyl (C=O) groups excluding carboxylic acids is 2. The van der Waals surface area contributed by atoms with Crippen LogP contribution in [0.3, 0.4) is 0 Å². The Morgan fingerprint density at radius 1 is 1.18 bits per heavy atom. The first-order chi connectivity index (χ1) is 8.22. The lowest BCUT2D eigenvalue weighted by Crippen LogP contribution is -2.65. The zero-order valence-electron chi connectivity index (χ0n) is 9.69. The molecule has 1 saturated heterocycles. The maximum absolute atomic E-state index is 12.6. The smallest absolute Gasteiger partial charge is 0.246 e. The molecule has 1 heterocycles. The van der Waals surface area contributed by atoms with Gasteiger partial charge in [-0.05, 0) is 37.5 Å². The predicted octanol–water partition coefficient (Wildman–Crippen LogP) is 0.471. The first-order valence-corrected chi connectivity index (χ1v) is 6.39. The van der Waals surface area contributed by atoms with Crippen molar-refractivity contribution in [3.8, 4) is 0 Å². The van der Waals surface area contributed by atoms with Gasteiger partial charge in [0.2, 0.25) is 11.8 Å². The summed E-state index contributed by atoms with van der Waals surface area (Å²) in [6, 6.07) is -0.794. The van der Waals surface area contributed by atoms with Crippen LogP contribution in [0.15, 0.2) is 0 Å². The number of piperazine rings is 1. The van der Waals surface area contributed by atoms with E-state index in [1.165, 1.54) is 4.90 Å². The highest BCUT2D eigenvalue weighted by Gasteiger charge is 2.51. The molecule has 2 amide bonds. The van der Waals surface area contributed by atoms with Gasteiger partial charge in [-0.3, -0.25) is 9.59 Å². The topological polar surface area (TPSA) is 49.4 Å². The third kappa shape index (κ3) is 1.91. The van der Waals surface area contributed by atoms with Crippen LogP contribution in [0.4, 0.5) is 4.39 Å². The van der Waals surface area contributed by atoms with Crippen molar-refractivity contribution < 1.29 is 14.0 Å². The van der Waals surface area contributed by atoms with Crippen molar-refractivity contribution in [2.24, 2.45) is 11.8 Å². The van der Waals surface area contributed by atoms with E-state index in [0.29, 0.717) is 0 Å². The van der Waals surface area contributed by atoms with Crippen LogP contribution in [0, 0.1) is 11.8 Å². The van der Waals surface area contributed by atoms with Gasteiger partial charge in [-0.15, -0.1) is 0 Å². The highest BCUT2D eigenvalue weighted by Crippen LogP contribution is 2.40. The number of amides is 2. The van der Waals surface area contributed by atoms with Crippen molar-refractivity contribution in [2.75, 3.05) is 13.2 Å². The average molecular weight is 240 g/mol. The Balaban J connectivity index is 1.80. The molecule has 0 aromatic carbocycles. The minimum atomic E-state index is -0.570. The van der Waals surface area contributed by atoms with Gasteiger partial charge >= 0.3 is 0 Å². The number of halogens is 1. The van der Waals surface area contributed by atoms with Crippen LogP contribution in [0.2, 0.25) is 0 Å². The van der Waals surface area contributed by atoms with Gasteiger partial charge in [0.1, 0.15) is 18.8 Å². The largest absolute Gasteiger partial charge is 0.342 e. The van der Waals surface area contributed by atoms with E-state index >= 15 is 0 Å². The molecule has 5 heteroatoms. The normalized spacial score (nSPS) is 33.8. The van der Waals surface area contributed by atoms with Crippen molar-refractivity contribution in [2.45, 2.75) is 37.8 Å². The Morgan fingerprint density at radius 2 is 1.82 bits per heavy atom. The lowest BCUT2D eigenvalue weighted by Gasteiger charge is -2.39. The van der Waals surface area contributed by atoms with E-state index in [1.54, 1.807) is 0 Å². The van der Waals surface area contributed by atoms with Crippen molar-refractivity contribution in [1.82, 2.24) is 10.2 Å². The molecule has 0 bridgehead atoms. The van der Waals surface area contributed by atoms with Crippen molar-refractivity contribution in [3.63, 3.8) is 0 Å². The van der Waals surface area contributed by atoms with Crippen LogP contribution in [-0.2, 0) is 9.59 Å². The molecule has 0 spiro atoms. The molecule has 0 radical (unpaired) electrons. The third-order valence-corrected chi connectivity index (χ3v) is 3.94. The van der Waals surface area contributed by atoms with E-state index in [9.17, 15) is 14.0 Å². The number of rotatable bonds is 4. The molecular formula is C12H17FN2O2. The van der Waals surface area contributed by atoms with Gasteiger partial charge in [0.25, 0.3) is 0 Å². The van der Waals surface area contributed by atoms with Gasteiger partial charge in [0.05, 0.1) is 0 Å². The molecule has 0 aromatic heterocycles. The van der Waals surface area contributed by atoms with Crippen LogP contribution in [0.1, 0.15) is 25.7 Å². The number of hydrogen-bond acceptors (Lipinski definition) is 2. The monoisotopic (exact) mass is 240 g/mol. The molecule has 2 saturated carbocycles. The lowest BCUT2D eigenvalue weighted by molar-refractivity contribution is -0.151. The molecule has 2 unspecified atom stereocenters. The second-order valence-electron chi connectivity index (χ2n) is 5.33. The first kappa shape index (κ1) is 11.0. The maximum Gasteiger partial charge on any atom is 0.246 e. The standard InChI is InChI=1S/C12H17FN2O2/c13-5-6-15-10(8-3-4-8)11(16)14-9(12(15)17)7-1-2-7/h7-10H,1-6H2,(H,14,16). The van der Waals surface area contributed by atoms with E-state index in [2.05, 4.69) is 5.32 Å². The maximum atomic E-state index is 12.6. The molecule has 1 aliphatic heterocycles. The van der Waals surface area contributed by atoms with Gasteiger partial charge in [0.15, 0.2) is 0 Å². The minimum absolute atomic E-state index is 0.0661. The molecule has 3 fully saturated rings. The Hall–Kier alpha value is -1.13. The van der Waals surface area contributed by atoms with Gasteiger partial charge in [-0.25, -0.2) is 4.39 Å². The summed E-state index contributed by atoms with van der Waals surface area (Å²) >= 11 is 0. The number of carbonyl (C=O) groups is 2. The van der Waals surface area contributed by atoms with Crippen LogP contribution >= 0.6 is 0 Å². The van der Waals surface area contributed by atoms with Crippen LogP contribution in [0.25, 0.3) is 0 Å². The predicted molar refractivity (Wildman–Crippen MR) is 58.9 cm³/mol. The molecule has 1 N–H and O–H groups in total. The fourth-order valence-electron chi connectivity index (χ4n) is 2.73. The summed E-state index contributed by atoms with van der Waals surface area (Å²) in [5, 5.41) is 2.84. The number of nitrogens with zero attached hydrogens (tertiary/aromatic N) is 1. The summed E-state index contributed by atoms with van der Waals surface area (Å²) in [5.74, 6) is 0.401. The number of hydrogen-bond donors (Lipinski definition) is 1. The average Bonchev–Trinajstić information content (AvgIpc) is 3.15. The molecular weight excluding hydrogens is 223 g/mol. The summed E-state index contributed by atoms with van der Waals surface area (Å²) in [6.45, 7) is -0.504. The summed E-state index contributed by atoms with van der Waals surface area (Å²) in [4.78, 5) is 25.7. The molecule has 0 aromatic rings. The van der Waals surface area contributed by atoms with Gasteiger partial charge in [0, 0.05) is 6.54 Å². The second kappa shape index (κ2) is 3.96. The number of nitrogens with one attached hydrogen (secondary N) is 1. The molecule has 2 atom stereocenters. The third-order valence-electron chi connectivity index (χ3n) is 3.94.